The average Bonchev–Trinajstić information content (AvgIpc) is 2.27. The van der Waals surface area contributed by atoms with Crippen LogP contribution in [0.4, 0.5) is 0 Å². The summed E-state index contributed by atoms with van der Waals surface area (Å²) < 4.78 is 11.5. The van der Waals surface area contributed by atoms with Gasteiger partial charge < -0.3 is 14.8 Å². The second-order valence-corrected chi connectivity index (χ2v) is 6.50. The van der Waals surface area contributed by atoms with Gasteiger partial charge in [0.05, 0.1) is 7.11 Å². The lowest BCUT2D eigenvalue weighted by molar-refractivity contribution is 0.108. The SMILES string of the molecule is CNCC(C)(C)Oc1ccc(OC)cc1C(C)(C)C. The molecule has 0 aliphatic rings. The van der Waals surface area contributed by atoms with E-state index < -0.39 is 0 Å². The predicted molar refractivity (Wildman–Crippen MR) is 80.3 cm³/mol. The smallest absolute Gasteiger partial charge is 0.124 e. The monoisotopic (exact) mass is 265 g/mol. The van der Waals surface area contributed by atoms with Crippen LogP contribution in [0.2, 0.25) is 0 Å². The van der Waals surface area contributed by atoms with E-state index in [1.165, 1.54) is 0 Å². The van der Waals surface area contributed by atoms with E-state index in [2.05, 4.69) is 46.0 Å². The fourth-order valence-electron chi connectivity index (χ4n) is 2.07. The molecule has 0 unspecified atom stereocenters. The first-order chi connectivity index (χ1) is 8.69. The molecule has 0 fully saturated rings. The largest absolute Gasteiger partial charge is 0.497 e. The van der Waals surface area contributed by atoms with Crippen LogP contribution in [-0.4, -0.2) is 26.3 Å². The number of benzene rings is 1. The molecule has 0 bridgehead atoms. The van der Waals surface area contributed by atoms with Crippen molar-refractivity contribution in [3.8, 4) is 11.5 Å². The highest BCUT2D eigenvalue weighted by Gasteiger charge is 2.25. The highest BCUT2D eigenvalue weighted by atomic mass is 16.5. The number of likely N-dealkylation sites (N-methyl/N-ethyl adjacent to an activating group) is 1. The first kappa shape index (κ1) is 15.8. The quantitative estimate of drug-likeness (QED) is 0.885. The summed E-state index contributed by atoms with van der Waals surface area (Å²) in [6.45, 7) is 11.5. The first-order valence-corrected chi connectivity index (χ1v) is 6.72. The van der Waals surface area contributed by atoms with Crippen LogP contribution in [0.25, 0.3) is 0 Å². The van der Waals surface area contributed by atoms with E-state index in [1.807, 2.05) is 19.2 Å². The molecule has 0 aromatic heterocycles. The maximum absolute atomic E-state index is 6.18. The van der Waals surface area contributed by atoms with E-state index in [0.717, 1.165) is 23.6 Å². The Kier molecular flexibility index (Phi) is 4.86. The van der Waals surface area contributed by atoms with Gasteiger partial charge in [-0.15, -0.1) is 0 Å². The van der Waals surface area contributed by atoms with Crippen molar-refractivity contribution in [3.05, 3.63) is 23.8 Å². The molecular weight excluding hydrogens is 238 g/mol. The van der Waals surface area contributed by atoms with Gasteiger partial charge in [-0.05, 0) is 44.5 Å². The minimum Gasteiger partial charge on any atom is -0.497 e. The van der Waals surface area contributed by atoms with Gasteiger partial charge in [0, 0.05) is 12.1 Å². The Balaban J connectivity index is 3.13. The normalized spacial score (nSPS) is 12.4. The summed E-state index contributed by atoms with van der Waals surface area (Å²) in [7, 11) is 3.62. The molecule has 108 valence electrons. The standard InChI is InChI=1S/C16H27NO2/c1-15(2,3)13-10-12(18-7)8-9-14(13)19-16(4,5)11-17-6/h8-10,17H,11H2,1-7H3. The van der Waals surface area contributed by atoms with E-state index >= 15 is 0 Å². The first-order valence-electron chi connectivity index (χ1n) is 6.72. The number of ether oxygens (including phenoxy) is 2. The topological polar surface area (TPSA) is 30.5 Å². The lowest BCUT2D eigenvalue weighted by Crippen LogP contribution is -2.39. The van der Waals surface area contributed by atoms with Crippen molar-refractivity contribution in [1.29, 1.82) is 0 Å². The van der Waals surface area contributed by atoms with Crippen LogP contribution < -0.4 is 14.8 Å². The van der Waals surface area contributed by atoms with Crippen molar-refractivity contribution < 1.29 is 9.47 Å². The number of hydrogen-bond donors (Lipinski definition) is 1. The molecule has 0 saturated carbocycles. The summed E-state index contributed by atoms with van der Waals surface area (Å²) in [5, 5.41) is 3.16. The van der Waals surface area contributed by atoms with E-state index in [-0.39, 0.29) is 11.0 Å². The van der Waals surface area contributed by atoms with Crippen molar-refractivity contribution in [3.63, 3.8) is 0 Å². The molecule has 1 aromatic rings. The molecule has 0 spiro atoms. The fourth-order valence-corrected chi connectivity index (χ4v) is 2.07. The van der Waals surface area contributed by atoms with Crippen LogP contribution in [0.5, 0.6) is 11.5 Å². The van der Waals surface area contributed by atoms with Gasteiger partial charge >= 0.3 is 0 Å². The maximum Gasteiger partial charge on any atom is 0.124 e. The molecule has 0 heterocycles. The summed E-state index contributed by atoms with van der Waals surface area (Å²) in [5.74, 6) is 1.79. The molecule has 0 saturated heterocycles. The zero-order valence-corrected chi connectivity index (χ0v) is 13.3. The lowest BCUT2D eigenvalue weighted by Gasteiger charge is -2.31. The van der Waals surface area contributed by atoms with Crippen molar-refractivity contribution in [2.24, 2.45) is 0 Å². The van der Waals surface area contributed by atoms with E-state index in [0.29, 0.717) is 0 Å². The number of hydrogen-bond acceptors (Lipinski definition) is 3. The highest BCUT2D eigenvalue weighted by molar-refractivity contribution is 5.44. The number of nitrogens with one attached hydrogen (secondary N) is 1. The Morgan fingerprint density at radius 2 is 1.74 bits per heavy atom. The Labute approximate surface area is 117 Å². The van der Waals surface area contributed by atoms with E-state index in [9.17, 15) is 0 Å². The molecular formula is C16H27NO2. The molecule has 0 amide bonds. The Bertz CT molecular complexity index is 419. The third kappa shape index (κ3) is 4.43. The van der Waals surface area contributed by atoms with Crippen molar-refractivity contribution in [2.45, 2.75) is 45.6 Å². The average molecular weight is 265 g/mol. The fraction of sp³-hybridized carbons (Fsp3) is 0.625. The molecule has 3 nitrogen and oxygen atoms in total. The molecule has 1 rings (SSSR count). The second kappa shape index (κ2) is 5.83. The molecule has 0 radical (unpaired) electrons. The van der Waals surface area contributed by atoms with Gasteiger partial charge in [0.1, 0.15) is 17.1 Å². The number of rotatable bonds is 5. The molecule has 1 aromatic carbocycles. The van der Waals surface area contributed by atoms with Crippen molar-refractivity contribution in [1.82, 2.24) is 5.32 Å². The van der Waals surface area contributed by atoms with Crippen molar-refractivity contribution >= 4 is 0 Å². The minimum atomic E-state index is -0.247. The Morgan fingerprint density at radius 1 is 1.11 bits per heavy atom. The van der Waals surface area contributed by atoms with Gasteiger partial charge in [-0.3, -0.25) is 0 Å². The van der Waals surface area contributed by atoms with Gasteiger partial charge in [0.15, 0.2) is 0 Å². The van der Waals surface area contributed by atoms with Gasteiger partial charge in [-0.25, -0.2) is 0 Å². The van der Waals surface area contributed by atoms with Crippen LogP contribution in [0, 0.1) is 0 Å². The zero-order chi connectivity index (χ0) is 14.7. The molecule has 3 heteroatoms. The van der Waals surface area contributed by atoms with Gasteiger partial charge in [-0.1, -0.05) is 20.8 Å². The van der Waals surface area contributed by atoms with Crippen molar-refractivity contribution in [2.75, 3.05) is 20.7 Å². The predicted octanol–water partition coefficient (Wildman–Crippen LogP) is 3.37. The van der Waals surface area contributed by atoms with Gasteiger partial charge in [0.2, 0.25) is 0 Å². The second-order valence-electron chi connectivity index (χ2n) is 6.50. The third-order valence-corrected chi connectivity index (χ3v) is 2.98. The van der Waals surface area contributed by atoms with Crippen LogP contribution in [0.3, 0.4) is 0 Å². The summed E-state index contributed by atoms with van der Waals surface area (Å²) in [4.78, 5) is 0. The van der Waals surface area contributed by atoms with Crippen LogP contribution in [0.15, 0.2) is 18.2 Å². The third-order valence-electron chi connectivity index (χ3n) is 2.98. The summed E-state index contributed by atoms with van der Waals surface area (Å²) in [6.07, 6.45) is 0. The number of methoxy groups -OCH3 is 1. The van der Waals surface area contributed by atoms with Crippen LogP contribution in [-0.2, 0) is 5.41 Å². The summed E-state index contributed by atoms with van der Waals surface area (Å²) >= 11 is 0. The minimum absolute atomic E-state index is 0.0135. The van der Waals surface area contributed by atoms with Crippen LogP contribution >= 0.6 is 0 Å². The highest BCUT2D eigenvalue weighted by Crippen LogP contribution is 2.35. The molecule has 0 atom stereocenters. The Hall–Kier alpha value is -1.22. The zero-order valence-electron chi connectivity index (χ0n) is 13.3. The van der Waals surface area contributed by atoms with Crippen LogP contribution in [0.1, 0.15) is 40.2 Å². The van der Waals surface area contributed by atoms with E-state index in [4.69, 9.17) is 9.47 Å². The summed E-state index contributed by atoms with van der Waals surface area (Å²) in [6, 6.07) is 6.00. The molecule has 19 heavy (non-hydrogen) atoms. The lowest BCUT2D eigenvalue weighted by atomic mass is 9.86. The summed E-state index contributed by atoms with van der Waals surface area (Å²) in [5.41, 5.74) is 0.930. The maximum atomic E-state index is 6.18. The molecule has 0 aliphatic heterocycles. The van der Waals surface area contributed by atoms with E-state index in [1.54, 1.807) is 7.11 Å². The molecule has 0 aliphatic carbocycles. The molecule has 1 N–H and O–H groups in total. The Morgan fingerprint density at radius 3 is 2.21 bits per heavy atom. The van der Waals surface area contributed by atoms with Gasteiger partial charge in [-0.2, -0.15) is 0 Å². The van der Waals surface area contributed by atoms with Gasteiger partial charge in [0.25, 0.3) is 0 Å².